The number of benzene rings is 1. The lowest BCUT2D eigenvalue weighted by molar-refractivity contribution is 0.0947. The zero-order valence-electron chi connectivity index (χ0n) is 15.3. The van der Waals surface area contributed by atoms with Gasteiger partial charge in [-0.3, -0.25) is 0 Å². The van der Waals surface area contributed by atoms with Gasteiger partial charge >= 0.3 is 0 Å². The number of nitrogens with one attached hydrogen (secondary N) is 1. The largest absolute Gasteiger partial charge is 0.491 e. The number of aliphatic hydroxyl groups is 1. The highest BCUT2D eigenvalue weighted by Gasteiger charge is 2.41. The highest BCUT2D eigenvalue weighted by molar-refractivity contribution is 5.31. The minimum Gasteiger partial charge on any atom is -0.491 e. The first-order chi connectivity index (χ1) is 12.7. The molecule has 2 aromatic rings. The predicted molar refractivity (Wildman–Crippen MR) is 97.1 cm³/mol. The van der Waals surface area contributed by atoms with Gasteiger partial charge in [-0.05, 0) is 44.2 Å². The summed E-state index contributed by atoms with van der Waals surface area (Å²) in [6.07, 6.45) is 5.92. The molecule has 26 heavy (non-hydrogen) atoms. The lowest BCUT2D eigenvalue weighted by Crippen LogP contribution is -2.45. The van der Waals surface area contributed by atoms with Gasteiger partial charge in [-0.25, -0.2) is 0 Å². The molecule has 1 aromatic carbocycles. The summed E-state index contributed by atoms with van der Waals surface area (Å²) in [4.78, 5) is 4.66. The van der Waals surface area contributed by atoms with Crippen LogP contribution in [0.5, 0.6) is 5.75 Å². The van der Waals surface area contributed by atoms with Crippen LogP contribution < -0.4 is 10.1 Å². The Morgan fingerprint density at radius 1 is 1.31 bits per heavy atom. The van der Waals surface area contributed by atoms with Gasteiger partial charge < -0.3 is 19.7 Å². The van der Waals surface area contributed by atoms with E-state index in [1.165, 1.54) is 0 Å². The molecular formula is C20H27N3O3. The Labute approximate surface area is 153 Å². The van der Waals surface area contributed by atoms with Crippen LogP contribution in [0.2, 0.25) is 0 Å². The lowest BCUT2D eigenvalue weighted by atomic mass is 9.96. The number of aliphatic hydroxyl groups excluding tert-OH is 1. The Hall–Kier alpha value is -1.92. The Balaban J connectivity index is 1.35. The van der Waals surface area contributed by atoms with Crippen molar-refractivity contribution in [3.05, 3.63) is 41.5 Å². The first kappa shape index (κ1) is 17.5. The van der Waals surface area contributed by atoms with Gasteiger partial charge in [-0.15, -0.1) is 0 Å². The molecule has 0 amide bonds. The summed E-state index contributed by atoms with van der Waals surface area (Å²) < 4.78 is 11.2. The van der Waals surface area contributed by atoms with Gasteiger partial charge in [0.2, 0.25) is 5.89 Å². The molecule has 2 N–H and O–H groups in total. The first-order valence-corrected chi connectivity index (χ1v) is 9.62. The van der Waals surface area contributed by atoms with E-state index in [4.69, 9.17) is 9.26 Å². The quantitative estimate of drug-likeness (QED) is 0.756. The minimum absolute atomic E-state index is 0.257. The van der Waals surface area contributed by atoms with Gasteiger partial charge in [-0.1, -0.05) is 36.2 Å². The number of nitrogens with zero attached hydrogens (tertiary/aromatic N) is 2. The number of para-hydroxylation sites is 1. The smallest absolute Gasteiger partial charge is 0.229 e. The molecular weight excluding hydrogens is 330 g/mol. The summed E-state index contributed by atoms with van der Waals surface area (Å²) >= 11 is 0. The van der Waals surface area contributed by atoms with Gasteiger partial charge in [0.1, 0.15) is 18.5 Å². The summed E-state index contributed by atoms with van der Waals surface area (Å²) in [5.74, 6) is 2.80. The van der Waals surface area contributed by atoms with Crippen molar-refractivity contribution in [1.82, 2.24) is 15.5 Å². The van der Waals surface area contributed by atoms with Gasteiger partial charge in [0.25, 0.3) is 0 Å². The van der Waals surface area contributed by atoms with Crippen molar-refractivity contribution in [2.75, 3.05) is 13.2 Å². The topological polar surface area (TPSA) is 80.4 Å². The van der Waals surface area contributed by atoms with Crippen molar-refractivity contribution < 1.29 is 14.4 Å². The lowest BCUT2D eigenvalue weighted by Gasteiger charge is -2.28. The molecule has 1 aromatic heterocycles. The van der Waals surface area contributed by atoms with Crippen LogP contribution in [0.4, 0.5) is 0 Å². The highest BCUT2D eigenvalue weighted by atomic mass is 16.5. The summed E-state index contributed by atoms with van der Waals surface area (Å²) in [7, 11) is 0. The zero-order valence-corrected chi connectivity index (χ0v) is 15.3. The van der Waals surface area contributed by atoms with Crippen molar-refractivity contribution in [2.45, 2.75) is 63.0 Å². The van der Waals surface area contributed by atoms with Crippen molar-refractivity contribution in [1.29, 1.82) is 0 Å². The summed E-state index contributed by atoms with van der Waals surface area (Å²) in [6.45, 7) is 2.70. The molecule has 140 valence electrons. The van der Waals surface area contributed by atoms with E-state index in [1.54, 1.807) is 0 Å². The third kappa shape index (κ3) is 3.76. The summed E-state index contributed by atoms with van der Waals surface area (Å²) in [5.41, 5.74) is 0.791. The summed E-state index contributed by atoms with van der Waals surface area (Å²) in [5, 5.41) is 18.1. The average Bonchev–Trinajstić information content (AvgIpc) is 3.18. The van der Waals surface area contributed by atoms with E-state index in [0.29, 0.717) is 12.5 Å². The van der Waals surface area contributed by atoms with Crippen LogP contribution in [0.15, 0.2) is 28.8 Å². The molecule has 2 fully saturated rings. The third-order valence-electron chi connectivity index (χ3n) is 5.45. The first-order valence-electron chi connectivity index (χ1n) is 9.62. The number of hydrogen-bond acceptors (Lipinski definition) is 6. The van der Waals surface area contributed by atoms with Crippen LogP contribution >= 0.6 is 0 Å². The zero-order chi connectivity index (χ0) is 18.0. The fraction of sp³-hybridized carbons (Fsp3) is 0.600. The maximum Gasteiger partial charge on any atom is 0.229 e. The number of aromatic nitrogens is 2. The molecule has 2 aliphatic carbocycles. The second-order valence-electron chi connectivity index (χ2n) is 7.63. The normalized spacial score (nSPS) is 20.2. The van der Waals surface area contributed by atoms with E-state index < -0.39 is 6.10 Å². The molecule has 1 atom stereocenters. The SMILES string of the molecule is Cc1ccccc1OCC(O)CNC1(c2noc(C3CC3)n2)CCCC1. The molecule has 1 unspecified atom stereocenters. The molecule has 0 saturated heterocycles. The number of hydrogen-bond donors (Lipinski definition) is 2. The van der Waals surface area contributed by atoms with E-state index in [1.807, 2.05) is 31.2 Å². The van der Waals surface area contributed by atoms with Crippen LogP contribution in [0.3, 0.4) is 0 Å². The number of ether oxygens (including phenoxy) is 1. The van der Waals surface area contributed by atoms with Crippen LogP contribution in [0.25, 0.3) is 0 Å². The maximum absolute atomic E-state index is 10.4. The molecule has 6 nitrogen and oxygen atoms in total. The van der Waals surface area contributed by atoms with Crippen LogP contribution in [0, 0.1) is 6.92 Å². The molecule has 2 aliphatic rings. The van der Waals surface area contributed by atoms with E-state index in [-0.39, 0.29) is 12.1 Å². The van der Waals surface area contributed by atoms with Crippen LogP contribution in [-0.4, -0.2) is 34.5 Å². The van der Waals surface area contributed by atoms with Gasteiger partial charge in [0.05, 0.1) is 5.54 Å². The molecule has 0 aliphatic heterocycles. The van der Waals surface area contributed by atoms with Gasteiger partial charge in [0.15, 0.2) is 5.82 Å². The Morgan fingerprint density at radius 2 is 2.08 bits per heavy atom. The molecule has 6 heteroatoms. The van der Waals surface area contributed by atoms with E-state index >= 15 is 0 Å². The number of rotatable bonds is 8. The van der Waals surface area contributed by atoms with Crippen LogP contribution in [0.1, 0.15) is 61.7 Å². The van der Waals surface area contributed by atoms with Crippen molar-refractivity contribution >= 4 is 0 Å². The fourth-order valence-corrected chi connectivity index (χ4v) is 3.66. The molecule has 0 radical (unpaired) electrons. The second kappa shape index (κ2) is 7.37. The van der Waals surface area contributed by atoms with E-state index in [0.717, 1.165) is 61.6 Å². The van der Waals surface area contributed by atoms with Crippen molar-refractivity contribution in [2.24, 2.45) is 0 Å². The molecule has 0 spiro atoms. The van der Waals surface area contributed by atoms with Gasteiger partial charge in [-0.2, -0.15) is 4.98 Å². The van der Waals surface area contributed by atoms with E-state index in [9.17, 15) is 5.11 Å². The molecule has 2 saturated carbocycles. The molecule has 4 rings (SSSR count). The van der Waals surface area contributed by atoms with Crippen LogP contribution in [-0.2, 0) is 5.54 Å². The predicted octanol–water partition coefficient (Wildman–Crippen LogP) is 3.05. The van der Waals surface area contributed by atoms with Gasteiger partial charge in [0, 0.05) is 12.5 Å². The molecule has 1 heterocycles. The van der Waals surface area contributed by atoms with Crippen molar-refractivity contribution in [3.63, 3.8) is 0 Å². The van der Waals surface area contributed by atoms with Crippen molar-refractivity contribution in [3.8, 4) is 5.75 Å². The number of aryl methyl sites for hydroxylation is 1. The standard InChI is InChI=1S/C20H27N3O3/c1-14-6-2-3-7-17(14)25-13-16(24)12-21-20(10-4-5-11-20)19-22-18(26-23-19)15-8-9-15/h2-3,6-7,15-16,21,24H,4-5,8-13H2,1H3. The Kier molecular flexibility index (Phi) is 4.96. The Morgan fingerprint density at radius 3 is 2.81 bits per heavy atom. The maximum atomic E-state index is 10.4. The molecule has 0 bridgehead atoms. The monoisotopic (exact) mass is 357 g/mol. The second-order valence-corrected chi connectivity index (χ2v) is 7.63. The minimum atomic E-state index is -0.595. The fourth-order valence-electron chi connectivity index (χ4n) is 3.66. The Bertz CT molecular complexity index is 735. The highest BCUT2D eigenvalue weighted by Crippen LogP contribution is 2.42. The average molecular weight is 357 g/mol. The third-order valence-corrected chi connectivity index (χ3v) is 5.45. The summed E-state index contributed by atoms with van der Waals surface area (Å²) in [6, 6.07) is 7.84. The van der Waals surface area contributed by atoms with E-state index in [2.05, 4.69) is 15.5 Å².